The highest BCUT2D eigenvalue weighted by Crippen LogP contribution is 2.68. The van der Waals surface area contributed by atoms with Crippen LogP contribution in [0.25, 0.3) is 0 Å². The molecule has 0 amide bonds. The van der Waals surface area contributed by atoms with Gasteiger partial charge in [-0.1, -0.05) is 34.6 Å². The first-order valence-corrected chi connectivity index (χ1v) is 9.70. The number of rotatable bonds is 7. The van der Waals surface area contributed by atoms with Crippen LogP contribution in [-0.4, -0.2) is 0 Å². The fourth-order valence-corrected chi connectivity index (χ4v) is 5.48. The molecular weight excluding hydrogens is 266 g/mol. The van der Waals surface area contributed by atoms with Gasteiger partial charge in [-0.25, -0.2) is 0 Å². The predicted molar refractivity (Wildman–Crippen MR) is 92.1 cm³/mol. The molecular formula is C21H35N. The lowest BCUT2D eigenvalue weighted by Gasteiger charge is -2.39. The molecule has 0 spiro atoms. The molecule has 0 aliphatic heterocycles. The Balaban J connectivity index is 1.41. The SMILES string of the molecule is CC(CC1CC(C(C)C)C1)CC1CC1C(C)(C)C1(C#N)CC1. The van der Waals surface area contributed by atoms with Gasteiger partial charge in [-0.3, -0.25) is 0 Å². The third-order valence-electron chi connectivity index (χ3n) is 7.70. The largest absolute Gasteiger partial charge is 0.198 e. The van der Waals surface area contributed by atoms with Crippen molar-refractivity contribution in [2.45, 2.75) is 79.6 Å². The average molecular weight is 302 g/mol. The highest BCUT2D eigenvalue weighted by atomic mass is 14.7. The molecule has 0 N–H and O–H groups in total. The smallest absolute Gasteiger partial charge is 0.0695 e. The van der Waals surface area contributed by atoms with Crippen LogP contribution >= 0.6 is 0 Å². The van der Waals surface area contributed by atoms with Gasteiger partial charge in [0.15, 0.2) is 0 Å². The van der Waals surface area contributed by atoms with Crippen LogP contribution in [0.15, 0.2) is 0 Å². The summed E-state index contributed by atoms with van der Waals surface area (Å²) in [4.78, 5) is 0. The van der Waals surface area contributed by atoms with Gasteiger partial charge in [0, 0.05) is 0 Å². The molecule has 3 rings (SSSR count). The zero-order valence-corrected chi connectivity index (χ0v) is 15.4. The molecule has 3 fully saturated rings. The number of nitriles is 1. The Labute approximate surface area is 137 Å². The van der Waals surface area contributed by atoms with E-state index in [0.29, 0.717) is 0 Å². The van der Waals surface area contributed by atoms with E-state index in [9.17, 15) is 5.26 Å². The molecule has 3 unspecified atom stereocenters. The molecule has 0 heterocycles. The summed E-state index contributed by atoms with van der Waals surface area (Å²) in [6.07, 6.45) is 9.52. The van der Waals surface area contributed by atoms with E-state index in [0.717, 1.165) is 48.3 Å². The van der Waals surface area contributed by atoms with Crippen molar-refractivity contribution in [1.29, 1.82) is 5.26 Å². The van der Waals surface area contributed by atoms with Crippen LogP contribution in [0.2, 0.25) is 0 Å². The van der Waals surface area contributed by atoms with Crippen molar-refractivity contribution in [2.75, 3.05) is 0 Å². The summed E-state index contributed by atoms with van der Waals surface area (Å²) < 4.78 is 0. The summed E-state index contributed by atoms with van der Waals surface area (Å²) in [6, 6.07) is 2.65. The van der Waals surface area contributed by atoms with E-state index in [1.54, 1.807) is 0 Å². The normalized spacial score (nSPS) is 37.3. The first-order valence-electron chi connectivity index (χ1n) is 9.70. The first kappa shape index (κ1) is 16.4. The van der Waals surface area contributed by atoms with Gasteiger partial charge in [0.05, 0.1) is 11.5 Å². The van der Waals surface area contributed by atoms with Gasteiger partial charge in [-0.15, -0.1) is 0 Å². The molecule has 0 bridgehead atoms. The maximum absolute atomic E-state index is 9.52. The Morgan fingerprint density at radius 2 is 1.73 bits per heavy atom. The van der Waals surface area contributed by atoms with E-state index in [-0.39, 0.29) is 10.8 Å². The van der Waals surface area contributed by atoms with E-state index in [1.807, 2.05) is 0 Å². The van der Waals surface area contributed by atoms with Crippen LogP contribution in [0.1, 0.15) is 79.6 Å². The van der Waals surface area contributed by atoms with E-state index in [2.05, 4.69) is 40.7 Å². The molecule has 3 aliphatic carbocycles. The number of hydrogen-bond donors (Lipinski definition) is 0. The van der Waals surface area contributed by atoms with Crippen LogP contribution in [0.3, 0.4) is 0 Å². The molecule has 1 heteroatoms. The fourth-order valence-electron chi connectivity index (χ4n) is 5.48. The summed E-state index contributed by atoms with van der Waals surface area (Å²) in [7, 11) is 0. The minimum Gasteiger partial charge on any atom is -0.198 e. The van der Waals surface area contributed by atoms with Crippen molar-refractivity contribution in [2.24, 2.45) is 46.3 Å². The predicted octanol–water partition coefficient (Wildman–Crippen LogP) is 6.05. The second-order valence-corrected chi connectivity index (χ2v) is 9.94. The van der Waals surface area contributed by atoms with Gasteiger partial charge in [0.25, 0.3) is 0 Å². The summed E-state index contributed by atoms with van der Waals surface area (Å²) in [6.45, 7) is 12.0. The zero-order chi connectivity index (χ0) is 16.1. The standard InChI is InChI=1S/C21H35N/c1-14(2)17-10-16(11-17)8-15(3)9-18-12-19(18)20(4,5)21(13-22)6-7-21/h14-19H,6-12H2,1-5H3. The third kappa shape index (κ3) is 2.83. The molecule has 3 atom stereocenters. The molecule has 0 saturated heterocycles. The second-order valence-electron chi connectivity index (χ2n) is 9.94. The summed E-state index contributed by atoms with van der Waals surface area (Å²) in [5.41, 5.74) is 0.291. The lowest BCUT2D eigenvalue weighted by molar-refractivity contribution is 0.114. The maximum Gasteiger partial charge on any atom is 0.0695 e. The molecule has 0 aromatic carbocycles. The third-order valence-corrected chi connectivity index (χ3v) is 7.70. The summed E-state index contributed by atoms with van der Waals surface area (Å²) in [5, 5.41) is 9.52. The lowest BCUT2D eigenvalue weighted by atomic mass is 9.66. The Kier molecular flexibility index (Phi) is 4.12. The Bertz CT molecular complexity index is 445. The second kappa shape index (κ2) is 5.54. The topological polar surface area (TPSA) is 23.8 Å². The number of nitrogens with zero attached hydrogens (tertiary/aromatic N) is 1. The Morgan fingerprint density at radius 1 is 1.09 bits per heavy atom. The lowest BCUT2D eigenvalue weighted by Crippen LogP contribution is -2.29. The highest BCUT2D eigenvalue weighted by molar-refractivity contribution is 5.20. The minimum absolute atomic E-state index is 0.0358. The van der Waals surface area contributed by atoms with Gasteiger partial charge in [0.2, 0.25) is 0 Å². The molecule has 1 nitrogen and oxygen atoms in total. The monoisotopic (exact) mass is 301 g/mol. The van der Waals surface area contributed by atoms with Crippen molar-refractivity contribution in [3.8, 4) is 6.07 Å². The van der Waals surface area contributed by atoms with E-state index < -0.39 is 0 Å². The van der Waals surface area contributed by atoms with Crippen molar-refractivity contribution in [1.82, 2.24) is 0 Å². The van der Waals surface area contributed by atoms with Crippen molar-refractivity contribution < 1.29 is 0 Å². The molecule has 124 valence electrons. The summed E-state index contributed by atoms with van der Waals surface area (Å²) >= 11 is 0. The maximum atomic E-state index is 9.52. The first-order chi connectivity index (χ1) is 10.3. The van der Waals surface area contributed by atoms with Crippen LogP contribution in [-0.2, 0) is 0 Å². The molecule has 0 aromatic rings. The molecule has 0 radical (unpaired) electrons. The van der Waals surface area contributed by atoms with Crippen LogP contribution in [0.5, 0.6) is 0 Å². The zero-order valence-electron chi connectivity index (χ0n) is 15.4. The highest BCUT2D eigenvalue weighted by Gasteiger charge is 2.63. The Morgan fingerprint density at radius 3 is 2.23 bits per heavy atom. The van der Waals surface area contributed by atoms with Gasteiger partial charge in [0.1, 0.15) is 0 Å². The molecule has 22 heavy (non-hydrogen) atoms. The molecule has 0 aromatic heterocycles. The van der Waals surface area contributed by atoms with Crippen LogP contribution in [0, 0.1) is 57.7 Å². The molecule has 3 saturated carbocycles. The van der Waals surface area contributed by atoms with Gasteiger partial charge < -0.3 is 0 Å². The summed E-state index contributed by atoms with van der Waals surface area (Å²) in [5.74, 6) is 5.54. The van der Waals surface area contributed by atoms with Gasteiger partial charge in [-0.2, -0.15) is 5.26 Å². The number of hydrogen-bond acceptors (Lipinski definition) is 1. The Hall–Kier alpha value is -0.510. The van der Waals surface area contributed by atoms with Crippen molar-refractivity contribution >= 4 is 0 Å². The van der Waals surface area contributed by atoms with Gasteiger partial charge in [-0.05, 0) is 85.9 Å². The van der Waals surface area contributed by atoms with E-state index in [1.165, 1.54) is 32.1 Å². The minimum atomic E-state index is 0.0358. The van der Waals surface area contributed by atoms with Gasteiger partial charge >= 0.3 is 0 Å². The quantitative estimate of drug-likeness (QED) is 0.561. The molecule has 3 aliphatic rings. The van der Waals surface area contributed by atoms with E-state index in [4.69, 9.17) is 0 Å². The van der Waals surface area contributed by atoms with E-state index >= 15 is 0 Å². The van der Waals surface area contributed by atoms with Crippen LogP contribution < -0.4 is 0 Å². The fraction of sp³-hybridized carbons (Fsp3) is 0.952. The van der Waals surface area contributed by atoms with Crippen molar-refractivity contribution in [3.05, 3.63) is 0 Å². The van der Waals surface area contributed by atoms with Crippen molar-refractivity contribution in [3.63, 3.8) is 0 Å². The van der Waals surface area contributed by atoms with Crippen LogP contribution in [0.4, 0.5) is 0 Å². The average Bonchev–Trinajstić information content (AvgIpc) is 3.26.